The van der Waals surface area contributed by atoms with Gasteiger partial charge < -0.3 is 14.6 Å². The van der Waals surface area contributed by atoms with Crippen molar-refractivity contribution in [2.45, 2.75) is 24.2 Å². The van der Waals surface area contributed by atoms with E-state index in [1.807, 2.05) is 0 Å². The molecule has 12 heteroatoms. The SMILES string of the molecule is Cn1cnc(S(=O)(=O)N2CCC[C@@H](C(=O)Nc3ccc(OC(F)(F)F)cc3)C2)c1. The summed E-state index contributed by atoms with van der Waals surface area (Å²) >= 11 is 0. The number of hydrogen-bond acceptors (Lipinski definition) is 5. The molecule has 158 valence electrons. The highest BCUT2D eigenvalue weighted by Gasteiger charge is 2.34. The molecule has 8 nitrogen and oxygen atoms in total. The van der Waals surface area contributed by atoms with Crippen LogP contribution in [0.2, 0.25) is 0 Å². The quantitative estimate of drug-likeness (QED) is 0.783. The summed E-state index contributed by atoms with van der Waals surface area (Å²) < 4.78 is 68.5. The van der Waals surface area contributed by atoms with Gasteiger partial charge in [-0.1, -0.05) is 0 Å². The minimum Gasteiger partial charge on any atom is -0.406 e. The molecular formula is C17H19F3N4O4S. The smallest absolute Gasteiger partial charge is 0.406 e. The second kappa shape index (κ2) is 8.03. The lowest BCUT2D eigenvalue weighted by Gasteiger charge is -2.30. The van der Waals surface area contributed by atoms with Gasteiger partial charge in [-0.15, -0.1) is 13.2 Å². The first kappa shape index (κ1) is 21.1. The molecule has 0 aliphatic carbocycles. The Morgan fingerprint density at radius 1 is 1.28 bits per heavy atom. The molecule has 0 radical (unpaired) electrons. The van der Waals surface area contributed by atoms with Gasteiger partial charge in [-0.05, 0) is 37.1 Å². The molecule has 0 bridgehead atoms. The maximum atomic E-state index is 12.7. The lowest BCUT2D eigenvalue weighted by atomic mass is 9.99. The molecular weight excluding hydrogens is 413 g/mol. The Morgan fingerprint density at radius 2 is 1.97 bits per heavy atom. The molecule has 1 saturated heterocycles. The van der Waals surface area contributed by atoms with Gasteiger partial charge in [-0.3, -0.25) is 4.79 Å². The van der Waals surface area contributed by atoms with Crippen LogP contribution in [-0.4, -0.2) is 47.6 Å². The van der Waals surface area contributed by atoms with Crippen molar-refractivity contribution in [3.05, 3.63) is 36.8 Å². The van der Waals surface area contributed by atoms with E-state index in [1.165, 1.54) is 33.5 Å². The van der Waals surface area contributed by atoms with E-state index in [4.69, 9.17) is 0 Å². The number of aromatic nitrogens is 2. The summed E-state index contributed by atoms with van der Waals surface area (Å²) in [6, 6.07) is 4.73. The van der Waals surface area contributed by atoms with Gasteiger partial charge in [0.25, 0.3) is 10.0 Å². The molecule has 1 amide bonds. The molecule has 3 rings (SSSR count). The molecule has 0 saturated carbocycles. The lowest BCUT2D eigenvalue weighted by Crippen LogP contribution is -2.43. The number of rotatable bonds is 5. The number of imidazole rings is 1. The molecule has 29 heavy (non-hydrogen) atoms. The van der Waals surface area contributed by atoms with Crippen molar-refractivity contribution in [3.8, 4) is 5.75 Å². The summed E-state index contributed by atoms with van der Waals surface area (Å²) in [4.78, 5) is 16.4. The largest absolute Gasteiger partial charge is 0.573 e. The predicted octanol–water partition coefficient (Wildman–Crippen LogP) is 2.36. The molecule has 0 unspecified atom stereocenters. The second-order valence-electron chi connectivity index (χ2n) is 6.64. The number of carbonyl (C=O) groups is 1. The summed E-state index contributed by atoms with van der Waals surface area (Å²) in [7, 11) is -2.15. The summed E-state index contributed by atoms with van der Waals surface area (Å²) in [5.41, 5.74) is 0.286. The number of anilines is 1. The number of amides is 1. The van der Waals surface area contributed by atoms with Gasteiger partial charge in [0.05, 0.1) is 12.2 Å². The number of alkyl halides is 3. The van der Waals surface area contributed by atoms with Crippen molar-refractivity contribution in [1.29, 1.82) is 0 Å². The number of carbonyl (C=O) groups excluding carboxylic acids is 1. The highest BCUT2D eigenvalue weighted by atomic mass is 32.2. The predicted molar refractivity (Wildman–Crippen MR) is 96.4 cm³/mol. The topological polar surface area (TPSA) is 93.5 Å². The summed E-state index contributed by atoms with van der Waals surface area (Å²) in [5, 5.41) is 2.52. The van der Waals surface area contributed by atoms with Crippen molar-refractivity contribution >= 4 is 21.6 Å². The van der Waals surface area contributed by atoms with Crippen LogP contribution in [0.25, 0.3) is 0 Å². The van der Waals surface area contributed by atoms with Crippen molar-refractivity contribution < 1.29 is 31.1 Å². The maximum absolute atomic E-state index is 12.7. The van der Waals surface area contributed by atoms with Crippen molar-refractivity contribution in [3.63, 3.8) is 0 Å². The van der Waals surface area contributed by atoms with Gasteiger partial charge in [-0.2, -0.15) is 4.31 Å². The van der Waals surface area contributed by atoms with E-state index in [0.717, 1.165) is 12.1 Å². The number of ether oxygens (including phenoxy) is 1. The molecule has 2 heterocycles. The van der Waals surface area contributed by atoms with E-state index in [1.54, 1.807) is 7.05 Å². The molecule has 1 aromatic carbocycles. The number of aryl methyl sites for hydroxylation is 1. The third-order valence-electron chi connectivity index (χ3n) is 4.40. The number of benzene rings is 1. The van der Waals surface area contributed by atoms with E-state index in [0.29, 0.717) is 12.8 Å². The van der Waals surface area contributed by atoms with Crippen LogP contribution in [0.1, 0.15) is 12.8 Å². The summed E-state index contributed by atoms with van der Waals surface area (Å²) in [6.07, 6.45) is -1.02. The Morgan fingerprint density at radius 3 is 2.55 bits per heavy atom. The number of sulfonamides is 1. The minimum absolute atomic E-state index is 0.00000928. The second-order valence-corrected chi connectivity index (χ2v) is 8.53. The van der Waals surface area contributed by atoms with Crippen LogP contribution in [0.4, 0.5) is 18.9 Å². The van der Waals surface area contributed by atoms with Crippen LogP contribution < -0.4 is 10.1 Å². The highest BCUT2D eigenvalue weighted by Crippen LogP contribution is 2.26. The Hall–Kier alpha value is -2.60. The van der Waals surface area contributed by atoms with Crippen LogP contribution in [0.15, 0.2) is 41.8 Å². The average molecular weight is 432 g/mol. The highest BCUT2D eigenvalue weighted by molar-refractivity contribution is 7.89. The number of nitrogens with one attached hydrogen (secondary N) is 1. The van der Waals surface area contributed by atoms with Crippen LogP contribution in [0, 0.1) is 5.92 Å². The number of hydrogen-bond donors (Lipinski definition) is 1. The van der Waals surface area contributed by atoms with E-state index >= 15 is 0 Å². The van der Waals surface area contributed by atoms with Gasteiger partial charge in [0.15, 0.2) is 5.03 Å². The van der Waals surface area contributed by atoms with Crippen LogP contribution >= 0.6 is 0 Å². The van der Waals surface area contributed by atoms with Gasteiger partial charge in [0, 0.05) is 32.0 Å². The molecule has 1 N–H and O–H groups in total. The third kappa shape index (κ3) is 5.26. The average Bonchev–Trinajstić information content (AvgIpc) is 3.09. The fourth-order valence-corrected chi connectivity index (χ4v) is 4.50. The molecule has 1 aromatic heterocycles. The molecule has 0 spiro atoms. The van der Waals surface area contributed by atoms with Gasteiger partial charge in [0.1, 0.15) is 5.75 Å². The van der Waals surface area contributed by atoms with E-state index in [9.17, 15) is 26.4 Å². The first-order valence-electron chi connectivity index (χ1n) is 8.69. The zero-order valence-corrected chi connectivity index (χ0v) is 16.2. The molecule has 1 atom stereocenters. The van der Waals surface area contributed by atoms with Crippen LogP contribution in [0.3, 0.4) is 0 Å². The first-order chi connectivity index (χ1) is 13.5. The van der Waals surface area contributed by atoms with Gasteiger partial charge >= 0.3 is 6.36 Å². The van der Waals surface area contributed by atoms with Crippen molar-refractivity contribution in [2.75, 3.05) is 18.4 Å². The van der Waals surface area contributed by atoms with Crippen LogP contribution in [0.5, 0.6) is 5.75 Å². The Labute approximate surface area is 165 Å². The van der Waals surface area contributed by atoms with E-state index < -0.39 is 34.0 Å². The Kier molecular flexibility index (Phi) is 5.85. The molecule has 2 aromatic rings. The van der Waals surface area contributed by atoms with Crippen molar-refractivity contribution in [1.82, 2.24) is 13.9 Å². The normalized spacial score (nSPS) is 18.4. The molecule has 1 aliphatic heterocycles. The Bertz CT molecular complexity index is 973. The van der Waals surface area contributed by atoms with E-state index in [-0.39, 0.29) is 23.8 Å². The number of piperidine rings is 1. The summed E-state index contributed by atoms with van der Waals surface area (Å²) in [5.74, 6) is -1.40. The Balaban J connectivity index is 1.64. The number of nitrogens with zero attached hydrogens (tertiary/aromatic N) is 3. The zero-order valence-electron chi connectivity index (χ0n) is 15.4. The zero-order chi connectivity index (χ0) is 21.2. The number of halogens is 3. The van der Waals surface area contributed by atoms with Crippen molar-refractivity contribution in [2.24, 2.45) is 13.0 Å². The monoisotopic (exact) mass is 432 g/mol. The first-order valence-corrected chi connectivity index (χ1v) is 10.1. The van der Waals surface area contributed by atoms with E-state index in [2.05, 4.69) is 15.0 Å². The summed E-state index contributed by atoms with van der Waals surface area (Å²) in [6.45, 7) is 0.284. The maximum Gasteiger partial charge on any atom is 0.573 e. The standard InChI is InChI=1S/C17H19F3N4O4S/c1-23-10-15(21-11-23)29(26,27)24-8-2-3-12(9-24)16(25)22-13-4-6-14(7-5-13)28-17(18,19)20/h4-7,10-12H,2-3,8-9H2,1H3,(H,22,25)/t12-/m1/s1. The fraction of sp³-hybridized carbons (Fsp3) is 0.412. The third-order valence-corrected chi connectivity index (χ3v) is 6.15. The fourth-order valence-electron chi connectivity index (χ4n) is 3.01. The molecule has 1 fully saturated rings. The lowest BCUT2D eigenvalue weighted by molar-refractivity contribution is -0.274. The van der Waals surface area contributed by atoms with Gasteiger partial charge in [0.2, 0.25) is 5.91 Å². The van der Waals surface area contributed by atoms with Gasteiger partial charge in [-0.25, -0.2) is 13.4 Å². The molecule has 1 aliphatic rings. The minimum atomic E-state index is -4.80. The van der Waals surface area contributed by atoms with Crippen LogP contribution in [-0.2, 0) is 21.9 Å².